The first-order valence-electron chi connectivity index (χ1n) is 6.02. The summed E-state index contributed by atoms with van der Waals surface area (Å²) in [5, 5.41) is 0.318. The monoisotopic (exact) mass is 317 g/mol. The quantitative estimate of drug-likeness (QED) is 0.771. The first kappa shape index (κ1) is 13.1. The molecule has 17 heavy (non-hydrogen) atoms. The number of aromatic nitrogens is 2. The molecule has 1 aliphatic rings. The number of hydrogen-bond donors (Lipinski definition) is 0. The van der Waals surface area contributed by atoms with Crippen LogP contribution in [0, 0.1) is 5.92 Å². The van der Waals surface area contributed by atoms with E-state index in [0.29, 0.717) is 17.2 Å². The van der Waals surface area contributed by atoms with Crippen LogP contribution in [0.3, 0.4) is 0 Å². The van der Waals surface area contributed by atoms with Gasteiger partial charge in [0.25, 0.3) is 0 Å². The van der Waals surface area contributed by atoms with Crippen molar-refractivity contribution < 1.29 is 0 Å². The molecule has 1 saturated carbocycles. The smallest absolute Gasteiger partial charge is 0.224 e. The Morgan fingerprint density at radius 2 is 2.24 bits per heavy atom. The molecule has 0 radical (unpaired) electrons. The predicted octanol–water partition coefficient (Wildman–Crippen LogP) is 3.91. The van der Waals surface area contributed by atoms with Crippen LogP contribution in [0.4, 0.5) is 5.82 Å². The van der Waals surface area contributed by atoms with E-state index in [4.69, 9.17) is 11.6 Å². The highest BCUT2D eigenvalue weighted by Gasteiger charge is 2.31. The Hall–Kier alpha value is -0.350. The van der Waals surface area contributed by atoms with E-state index in [1.807, 2.05) is 0 Å². The van der Waals surface area contributed by atoms with E-state index in [9.17, 15) is 0 Å². The van der Waals surface area contributed by atoms with Gasteiger partial charge in [0.1, 0.15) is 5.82 Å². The van der Waals surface area contributed by atoms with Crippen LogP contribution < -0.4 is 4.90 Å². The Morgan fingerprint density at radius 3 is 2.82 bits per heavy atom. The fourth-order valence-corrected chi connectivity index (χ4v) is 2.33. The number of hydrogen-bond acceptors (Lipinski definition) is 3. The number of rotatable bonds is 5. The topological polar surface area (TPSA) is 29.0 Å². The molecule has 1 aromatic heterocycles. The Labute approximate surface area is 116 Å². The maximum Gasteiger partial charge on any atom is 0.224 e. The molecule has 2 rings (SSSR count). The van der Waals surface area contributed by atoms with E-state index in [1.54, 1.807) is 6.20 Å². The van der Waals surface area contributed by atoms with E-state index in [1.165, 1.54) is 19.3 Å². The average Bonchev–Trinajstić information content (AvgIpc) is 3.07. The van der Waals surface area contributed by atoms with Gasteiger partial charge in [0.2, 0.25) is 5.28 Å². The largest absolute Gasteiger partial charge is 0.353 e. The highest BCUT2D eigenvalue weighted by molar-refractivity contribution is 9.10. The molecule has 0 bridgehead atoms. The van der Waals surface area contributed by atoms with Crippen LogP contribution in [-0.4, -0.2) is 22.6 Å². The second-order valence-electron chi connectivity index (χ2n) is 4.92. The van der Waals surface area contributed by atoms with Crippen LogP contribution >= 0.6 is 27.5 Å². The molecule has 94 valence electrons. The highest BCUT2D eigenvalue weighted by Crippen LogP contribution is 2.35. The highest BCUT2D eigenvalue weighted by atomic mass is 79.9. The van der Waals surface area contributed by atoms with Crippen LogP contribution in [0.25, 0.3) is 0 Å². The van der Waals surface area contributed by atoms with Crippen molar-refractivity contribution in [2.75, 3.05) is 11.4 Å². The standard InChI is InChI=1S/C12H17BrClN3/c1-8(2)5-6-17(9-3-4-9)11-10(13)7-15-12(14)16-11/h7-9H,3-6H2,1-2H3. The van der Waals surface area contributed by atoms with Crippen molar-refractivity contribution in [1.82, 2.24) is 9.97 Å². The van der Waals surface area contributed by atoms with Crippen molar-refractivity contribution in [2.45, 2.75) is 39.2 Å². The van der Waals surface area contributed by atoms with Crippen LogP contribution in [0.5, 0.6) is 0 Å². The van der Waals surface area contributed by atoms with Crippen LogP contribution in [0.15, 0.2) is 10.7 Å². The van der Waals surface area contributed by atoms with Gasteiger partial charge in [-0.1, -0.05) is 13.8 Å². The van der Waals surface area contributed by atoms with Crippen molar-refractivity contribution in [3.8, 4) is 0 Å². The van der Waals surface area contributed by atoms with Gasteiger partial charge in [-0.2, -0.15) is 4.98 Å². The van der Waals surface area contributed by atoms with E-state index < -0.39 is 0 Å². The zero-order chi connectivity index (χ0) is 12.4. The lowest BCUT2D eigenvalue weighted by Gasteiger charge is -2.25. The fourth-order valence-electron chi connectivity index (χ4n) is 1.78. The lowest BCUT2D eigenvalue weighted by Crippen LogP contribution is -2.29. The third kappa shape index (κ3) is 3.55. The summed E-state index contributed by atoms with van der Waals surface area (Å²) in [7, 11) is 0. The van der Waals surface area contributed by atoms with Gasteiger partial charge in [0.15, 0.2) is 0 Å². The molecule has 1 heterocycles. The molecular formula is C12H17BrClN3. The first-order valence-corrected chi connectivity index (χ1v) is 7.19. The molecule has 1 aromatic rings. The van der Waals surface area contributed by atoms with Crippen LogP contribution in [0.1, 0.15) is 33.1 Å². The molecule has 0 saturated heterocycles. The van der Waals surface area contributed by atoms with Gasteiger partial charge in [0.05, 0.1) is 4.47 Å². The Bertz CT molecular complexity index is 393. The van der Waals surface area contributed by atoms with Gasteiger partial charge < -0.3 is 4.90 Å². The second-order valence-corrected chi connectivity index (χ2v) is 6.11. The summed E-state index contributed by atoms with van der Waals surface area (Å²) in [6, 6.07) is 0.635. The number of nitrogens with zero attached hydrogens (tertiary/aromatic N) is 3. The average molecular weight is 319 g/mol. The van der Waals surface area contributed by atoms with Gasteiger partial charge in [-0.15, -0.1) is 0 Å². The summed E-state index contributed by atoms with van der Waals surface area (Å²) >= 11 is 9.39. The lowest BCUT2D eigenvalue weighted by molar-refractivity contribution is 0.568. The van der Waals surface area contributed by atoms with Crippen LogP contribution in [-0.2, 0) is 0 Å². The molecule has 0 N–H and O–H groups in total. The molecule has 0 unspecified atom stereocenters. The van der Waals surface area contributed by atoms with Crippen molar-refractivity contribution in [2.24, 2.45) is 5.92 Å². The van der Waals surface area contributed by atoms with Gasteiger partial charge >= 0.3 is 0 Å². The minimum atomic E-state index is 0.318. The Balaban J connectivity index is 2.16. The summed E-state index contributed by atoms with van der Waals surface area (Å²) in [5.41, 5.74) is 0. The van der Waals surface area contributed by atoms with Gasteiger partial charge in [-0.25, -0.2) is 4.98 Å². The summed E-state index contributed by atoms with van der Waals surface area (Å²) in [5.74, 6) is 1.64. The maximum absolute atomic E-state index is 5.88. The third-order valence-corrected chi connectivity index (χ3v) is 3.64. The molecular weight excluding hydrogens is 302 g/mol. The second kappa shape index (κ2) is 5.53. The minimum Gasteiger partial charge on any atom is -0.353 e. The SMILES string of the molecule is CC(C)CCN(c1nc(Cl)ncc1Br)C1CC1. The van der Waals surface area contributed by atoms with E-state index >= 15 is 0 Å². The normalized spacial score (nSPS) is 15.4. The predicted molar refractivity (Wildman–Crippen MR) is 74.6 cm³/mol. The number of halogens is 2. The van der Waals surface area contributed by atoms with Crippen molar-refractivity contribution in [1.29, 1.82) is 0 Å². The minimum absolute atomic E-state index is 0.318. The maximum atomic E-state index is 5.88. The molecule has 0 amide bonds. The summed E-state index contributed by atoms with van der Waals surface area (Å²) < 4.78 is 0.928. The Kier molecular flexibility index (Phi) is 4.26. The zero-order valence-corrected chi connectivity index (χ0v) is 12.5. The van der Waals surface area contributed by atoms with Crippen molar-refractivity contribution in [3.05, 3.63) is 16.0 Å². The molecule has 5 heteroatoms. The third-order valence-electron chi connectivity index (χ3n) is 2.90. The van der Waals surface area contributed by atoms with Crippen molar-refractivity contribution in [3.63, 3.8) is 0 Å². The summed E-state index contributed by atoms with van der Waals surface area (Å²) in [6.07, 6.45) is 5.41. The number of anilines is 1. The molecule has 0 aromatic carbocycles. The Morgan fingerprint density at radius 1 is 1.53 bits per heavy atom. The van der Waals surface area contributed by atoms with E-state index in [0.717, 1.165) is 16.8 Å². The first-order chi connectivity index (χ1) is 8.08. The molecule has 0 atom stereocenters. The lowest BCUT2D eigenvalue weighted by atomic mass is 10.1. The molecule has 1 aliphatic carbocycles. The zero-order valence-electron chi connectivity index (χ0n) is 10.2. The fraction of sp³-hybridized carbons (Fsp3) is 0.667. The van der Waals surface area contributed by atoms with E-state index in [2.05, 4.69) is 44.6 Å². The van der Waals surface area contributed by atoms with E-state index in [-0.39, 0.29) is 0 Å². The van der Waals surface area contributed by atoms with Gasteiger partial charge in [0, 0.05) is 18.8 Å². The van der Waals surface area contributed by atoms with Gasteiger partial charge in [-0.05, 0) is 52.7 Å². The molecule has 0 spiro atoms. The van der Waals surface area contributed by atoms with Crippen LogP contribution in [0.2, 0.25) is 5.28 Å². The summed E-state index contributed by atoms with van der Waals surface area (Å²) in [6.45, 7) is 5.52. The van der Waals surface area contributed by atoms with Gasteiger partial charge in [-0.3, -0.25) is 0 Å². The molecule has 0 aliphatic heterocycles. The van der Waals surface area contributed by atoms with Crippen molar-refractivity contribution >= 4 is 33.3 Å². The molecule has 1 fully saturated rings. The summed E-state index contributed by atoms with van der Waals surface area (Å²) in [4.78, 5) is 10.7. The molecule has 3 nitrogen and oxygen atoms in total.